The molecule has 0 fully saturated rings. The lowest BCUT2D eigenvalue weighted by Gasteiger charge is -2.23. The molecule has 0 aromatic heterocycles. The summed E-state index contributed by atoms with van der Waals surface area (Å²) >= 11 is 12.3. The van der Waals surface area contributed by atoms with Crippen molar-refractivity contribution in [2.45, 2.75) is 13.3 Å². The lowest BCUT2D eigenvalue weighted by atomic mass is 10.1. The van der Waals surface area contributed by atoms with Crippen LogP contribution in [0.5, 0.6) is 0 Å². The maximum Gasteiger partial charge on any atom is 0.240 e. The Hall–Kier alpha value is -2.04. The summed E-state index contributed by atoms with van der Waals surface area (Å²) in [7, 11) is 0. The molecule has 2 rings (SSSR count). The summed E-state index contributed by atoms with van der Waals surface area (Å²) in [5.74, 6) is -0.569. The van der Waals surface area contributed by atoms with E-state index in [1.54, 1.807) is 18.2 Å². The topological polar surface area (TPSA) is 49.4 Å². The van der Waals surface area contributed by atoms with Gasteiger partial charge in [-0.05, 0) is 24.1 Å². The monoisotopic (exact) mass is 364 g/mol. The average molecular weight is 365 g/mol. The Balaban J connectivity index is 1.98. The van der Waals surface area contributed by atoms with Gasteiger partial charge in [0.1, 0.15) is 6.54 Å². The number of carbonyl (C=O) groups is 2. The Morgan fingerprint density at radius 2 is 1.62 bits per heavy atom. The van der Waals surface area contributed by atoms with Crippen LogP contribution in [0.25, 0.3) is 0 Å². The molecule has 2 aromatic carbocycles. The molecule has 0 unspecified atom stereocenters. The van der Waals surface area contributed by atoms with E-state index < -0.39 is 0 Å². The largest absolute Gasteiger partial charge is 0.354 e. The number of hydrogen-bond donors (Lipinski definition) is 1. The van der Waals surface area contributed by atoms with E-state index in [0.717, 1.165) is 12.0 Å². The van der Waals surface area contributed by atoms with Gasteiger partial charge in [0.2, 0.25) is 11.8 Å². The van der Waals surface area contributed by atoms with Gasteiger partial charge in [-0.1, -0.05) is 59.6 Å². The van der Waals surface area contributed by atoms with Crippen LogP contribution in [0.1, 0.15) is 12.5 Å². The standard InChI is InChI=1S/C18H18Cl2N2O2/c1-13(23)22(18-15(19)8-5-9-16(18)20)12-17(24)21-11-10-14-6-3-2-4-7-14/h2-9H,10-12H2,1H3,(H,21,24). The zero-order chi connectivity index (χ0) is 17.5. The third-order valence-corrected chi connectivity index (χ3v) is 4.08. The summed E-state index contributed by atoms with van der Waals surface area (Å²) in [6.45, 7) is 1.73. The van der Waals surface area contributed by atoms with Gasteiger partial charge >= 0.3 is 0 Å². The van der Waals surface area contributed by atoms with Crippen molar-refractivity contribution in [1.29, 1.82) is 0 Å². The number of rotatable bonds is 6. The van der Waals surface area contributed by atoms with E-state index in [1.165, 1.54) is 11.8 Å². The van der Waals surface area contributed by atoms with Crippen LogP contribution in [0, 0.1) is 0 Å². The molecular formula is C18H18Cl2N2O2. The van der Waals surface area contributed by atoms with Crippen molar-refractivity contribution in [2.75, 3.05) is 18.0 Å². The molecule has 0 bridgehead atoms. The van der Waals surface area contributed by atoms with Gasteiger partial charge in [-0.25, -0.2) is 0 Å². The summed E-state index contributed by atoms with van der Waals surface area (Å²) < 4.78 is 0. The second-order valence-electron chi connectivity index (χ2n) is 5.26. The van der Waals surface area contributed by atoms with E-state index in [9.17, 15) is 9.59 Å². The van der Waals surface area contributed by atoms with E-state index >= 15 is 0 Å². The molecule has 0 heterocycles. The highest BCUT2D eigenvalue weighted by Crippen LogP contribution is 2.33. The maximum absolute atomic E-state index is 12.2. The Morgan fingerprint density at radius 3 is 2.21 bits per heavy atom. The molecule has 0 aliphatic heterocycles. The lowest BCUT2D eigenvalue weighted by molar-refractivity contribution is -0.123. The first-order chi connectivity index (χ1) is 11.5. The maximum atomic E-state index is 12.2. The third kappa shape index (κ3) is 4.98. The number of anilines is 1. The molecule has 126 valence electrons. The van der Waals surface area contributed by atoms with Crippen molar-refractivity contribution in [2.24, 2.45) is 0 Å². The Morgan fingerprint density at radius 1 is 1.00 bits per heavy atom. The molecule has 0 spiro atoms. The zero-order valence-electron chi connectivity index (χ0n) is 13.3. The van der Waals surface area contributed by atoms with Crippen LogP contribution in [0.2, 0.25) is 10.0 Å². The van der Waals surface area contributed by atoms with Gasteiger partial charge in [0.15, 0.2) is 0 Å². The summed E-state index contributed by atoms with van der Waals surface area (Å²) in [6.07, 6.45) is 0.722. The van der Waals surface area contributed by atoms with E-state index in [-0.39, 0.29) is 18.4 Å². The SMILES string of the molecule is CC(=O)N(CC(=O)NCCc1ccccc1)c1c(Cl)cccc1Cl. The molecule has 0 saturated carbocycles. The van der Waals surface area contributed by atoms with Crippen molar-refractivity contribution in [3.05, 3.63) is 64.1 Å². The highest BCUT2D eigenvalue weighted by atomic mass is 35.5. The second kappa shape index (κ2) is 8.71. The average Bonchev–Trinajstić information content (AvgIpc) is 2.54. The van der Waals surface area contributed by atoms with Crippen molar-refractivity contribution >= 4 is 40.7 Å². The first kappa shape index (κ1) is 18.3. The second-order valence-corrected chi connectivity index (χ2v) is 6.08. The predicted molar refractivity (Wildman–Crippen MR) is 97.6 cm³/mol. The van der Waals surface area contributed by atoms with Crippen LogP contribution in [0.4, 0.5) is 5.69 Å². The summed E-state index contributed by atoms with van der Waals surface area (Å²) in [4.78, 5) is 25.3. The van der Waals surface area contributed by atoms with Crippen LogP contribution in [0.3, 0.4) is 0 Å². The molecule has 24 heavy (non-hydrogen) atoms. The molecule has 0 saturated heterocycles. The molecule has 0 atom stereocenters. The molecule has 1 N–H and O–H groups in total. The lowest BCUT2D eigenvalue weighted by Crippen LogP contribution is -2.40. The molecular weight excluding hydrogens is 347 g/mol. The highest BCUT2D eigenvalue weighted by molar-refractivity contribution is 6.40. The van der Waals surface area contributed by atoms with Crippen molar-refractivity contribution in [3.8, 4) is 0 Å². The van der Waals surface area contributed by atoms with E-state index in [1.807, 2.05) is 30.3 Å². The third-order valence-electron chi connectivity index (χ3n) is 3.47. The van der Waals surface area contributed by atoms with Crippen LogP contribution in [-0.4, -0.2) is 24.9 Å². The predicted octanol–water partition coefficient (Wildman–Crippen LogP) is 3.71. The Kier molecular flexibility index (Phi) is 6.64. The minimum Gasteiger partial charge on any atom is -0.354 e. The molecule has 0 aliphatic rings. The quantitative estimate of drug-likeness (QED) is 0.849. The van der Waals surface area contributed by atoms with Crippen LogP contribution < -0.4 is 10.2 Å². The van der Waals surface area contributed by atoms with E-state index in [0.29, 0.717) is 22.3 Å². The number of nitrogens with one attached hydrogen (secondary N) is 1. The number of nitrogens with zero attached hydrogens (tertiary/aromatic N) is 1. The van der Waals surface area contributed by atoms with Gasteiger partial charge in [-0.2, -0.15) is 0 Å². The summed E-state index contributed by atoms with van der Waals surface area (Å²) in [5, 5.41) is 3.46. The van der Waals surface area contributed by atoms with Crippen LogP contribution >= 0.6 is 23.2 Å². The highest BCUT2D eigenvalue weighted by Gasteiger charge is 2.20. The fraction of sp³-hybridized carbons (Fsp3) is 0.222. The minimum atomic E-state index is -0.303. The van der Waals surface area contributed by atoms with Gasteiger partial charge < -0.3 is 10.2 Å². The van der Waals surface area contributed by atoms with Crippen LogP contribution in [0.15, 0.2) is 48.5 Å². The van der Waals surface area contributed by atoms with Gasteiger partial charge in [-0.3, -0.25) is 9.59 Å². The Labute approximate surface area is 151 Å². The number of hydrogen-bond acceptors (Lipinski definition) is 2. The zero-order valence-corrected chi connectivity index (χ0v) is 14.8. The number of amides is 2. The molecule has 2 aromatic rings. The molecule has 0 radical (unpaired) electrons. The molecule has 0 aliphatic carbocycles. The van der Waals surface area contributed by atoms with Gasteiger partial charge in [0, 0.05) is 13.5 Å². The normalized spacial score (nSPS) is 10.3. The first-order valence-electron chi connectivity index (χ1n) is 7.52. The number of para-hydroxylation sites is 1. The van der Waals surface area contributed by atoms with Gasteiger partial charge in [0.25, 0.3) is 0 Å². The Bertz CT molecular complexity index is 700. The number of carbonyl (C=O) groups excluding carboxylic acids is 2. The van der Waals surface area contributed by atoms with E-state index in [2.05, 4.69) is 5.32 Å². The minimum absolute atomic E-state index is 0.131. The number of benzene rings is 2. The first-order valence-corrected chi connectivity index (χ1v) is 8.27. The fourth-order valence-electron chi connectivity index (χ4n) is 2.29. The summed E-state index contributed by atoms with van der Waals surface area (Å²) in [5.41, 5.74) is 1.49. The smallest absolute Gasteiger partial charge is 0.240 e. The van der Waals surface area contributed by atoms with Crippen molar-refractivity contribution in [1.82, 2.24) is 5.32 Å². The van der Waals surface area contributed by atoms with Crippen molar-refractivity contribution < 1.29 is 9.59 Å². The van der Waals surface area contributed by atoms with Gasteiger partial charge in [-0.15, -0.1) is 0 Å². The van der Waals surface area contributed by atoms with Gasteiger partial charge in [0.05, 0.1) is 15.7 Å². The molecule has 2 amide bonds. The molecule has 4 nitrogen and oxygen atoms in total. The summed E-state index contributed by atoms with van der Waals surface area (Å²) in [6, 6.07) is 14.8. The van der Waals surface area contributed by atoms with Crippen molar-refractivity contribution in [3.63, 3.8) is 0 Å². The number of halogens is 2. The van der Waals surface area contributed by atoms with Crippen LogP contribution in [-0.2, 0) is 16.0 Å². The molecule has 6 heteroatoms. The van der Waals surface area contributed by atoms with E-state index in [4.69, 9.17) is 23.2 Å². The fourth-order valence-corrected chi connectivity index (χ4v) is 2.89.